The molecule has 3 heteroatoms. The van der Waals surface area contributed by atoms with Crippen LogP contribution in [0.4, 0.5) is 0 Å². The molecule has 1 unspecified atom stereocenters. The van der Waals surface area contributed by atoms with Gasteiger partial charge < -0.3 is 9.47 Å². The van der Waals surface area contributed by atoms with Crippen LogP contribution in [0.15, 0.2) is 24.3 Å². The van der Waals surface area contributed by atoms with Crippen molar-refractivity contribution in [3.63, 3.8) is 0 Å². The number of ether oxygens (including phenoxy) is 2. The smallest absolute Gasteiger partial charge is 0.346 e. The van der Waals surface area contributed by atoms with E-state index in [0.29, 0.717) is 6.61 Å². The van der Waals surface area contributed by atoms with E-state index in [1.165, 1.54) is 5.56 Å². The zero-order chi connectivity index (χ0) is 13.5. The lowest BCUT2D eigenvalue weighted by Crippen LogP contribution is -2.32. The van der Waals surface area contributed by atoms with E-state index in [1.807, 2.05) is 38.1 Å². The topological polar surface area (TPSA) is 38.8 Å². The van der Waals surface area contributed by atoms with Gasteiger partial charge in [0, 0.05) is 0 Å². The normalized spacial score (nSPS) is 27.5. The number of hydrogen-bond acceptors (Lipinski definition) is 3. The Kier molecular flexibility index (Phi) is 2.90. The number of carbonyl (C=O) groups excluding carboxylic acids is 1. The summed E-state index contributed by atoms with van der Waals surface area (Å²) < 4.78 is 11.3. The van der Waals surface area contributed by atoms with Crippen LogP contribution >= 0.6 is 0 Å². The largest absolute Gasteiger partial charge is 0.464 e. The van der Waals surface area contributed by atoms with Crippen LogP contribution in [0.25, 0.3) is 0 Å². The van der Waals surface area contributed by atoms with Gasteiger partial charge in [-0.25, -0.2) is 4.79 Å². The zero-order valence-corrected chi connectivity index (χ0v) is 11.6. The highest BCUT2D eigenvalue weighted by Crippen LogP contribution is 2.64. The molecule has 102 valence electrons. The minimum Gasteiger partial charge on any atom is -0.464 e. The van der Waals surface area contributed by atoms with Gasteiger partial charge in [0.2, 0.25) is 5.60 Å². The minimum absolute atomic E-state index is 0.222. The molecule has 1 aliphatic carbocycles. The quantitative estimate of drug-likeness (QED) is 0.619. The number of epoxide rings is 1. The number of benzene rings is 1. The molecular weight excluding hydrogens is 240 g/mol. The van der Waals surface area contributed by atoms with Crippen LogP contribution in [0.1, 0.15) is 43.7 Å². The van der Waals surface area contributed by atoms with Gasteiger partial charge in [-0.2, -0.15) is 0 Å². The molecule has 1 atom stereocenters. The Bertz CT molecular complexity index is 485. The Balaban J connectivity index is 1.99. The summed E-state index contributed by atoms with van der Waals surface area (Å²) in [6.07, 6.45) is 4.18. The molecule has 2 fully saturated rings. The van der Waals surface area contributed by atoms with Crippen LogP contribution in [-0.2, 0) is 19.9 Å². The third kappa shape index (κ3) is 1.71. The molecule has 1 saturated carbocycles. The van der Waals surface area contributed by atoms with Crippen LogP contribution in [0.5, 0.6) is 0 Å². The molecule has 0 bridgehead atoms. The molecule has 0 radical (unpaired) electrons. The van der Waals surface area contributed by atoms with Crippen molar-refractivity contribution in [2.24, 2.45) is 0 Å². The van der Waals surface area contributed by atoms with E-state index in [4.69, 9.17) is 9.47 Å². The van der Waals surface area contributed by atoms with Gasteiger partial charge >= 0.3 is 5.97 Å². The van der Waals surface area contributed by atoms with Gasteiger partial charge in [-0.1, -0.05) is 42.7 Å². The lowest BCUT2D eigenvalue weighted by Gasteiger charge is -2.16. The SMILES string of the molecule is CCOC(=O)C1(c2ccc(C)cc2)OC12CCCC2. The molecule has 0 amide bonds. The zero-order valence-electron chi connectivity index (χ0n) is 11.6. The number of rotatable bonds is 3. The van der Waals surface area contributed by atoms with E-state index in [-0.39, 0.29) is 11.6 Å². The molecule has 1 heterocycles. The third-order valence-electron chi connectivity index (χ3n) is 4.38. The van der Waals surface area contributed by atoms with Crippen molar-refractivity contribution in [1.82, 2.24) is 0 Å². The van der Waals surface area contributed by atoms with Crippen molar-refractivity contribution < 1.29 is 14.3 Å². The van der Waals surface area contributed by atoms with Gasteiger partial charge in [0.1, 0.15) is 5.60 Å². The van der Waals surface area contributed by atoms with Crippen LogP contribution in [0, 0.1) is 6.92 Å². The molecule has 2 aliphatic rings. The highest BCUT2D eigenvalue weighted by molar-refractivity contribution is 5.87. The third-order valence-corrected chi connectivity index (χ3v) is 4.38. The van der Waals surface area contributed by atoms with Gasteiger partial charge in [0.05, 0.1) is 6.61 Å². The van der Waals surface area contributed by atoms with Crippen molar-refractivity contribution in [3.05, 3.63) is 35.4 Å². The summed E-state index contributed by atoms with van der Waals surface area (Å²) in [4.78, 5) is 12.4. The first-order valence-corrected chi connectivity index (χ1v) is 7.09. The van der Waals surface area contributed by atoms with Crippen LogP contribution in [0.2, 0.25) is 0 Å². The number of hydrogen-bond donors (Lipinski definition) is 0. The number of esters is 1. The number of carbonyl (C=O) groups is 1. The van der Waals surface area contributed by atoms with E-state index < -0.39 is 5.60 Å². The summed E-state index contributed by atoms with van der Waals surface area (Å²) in [5.41, 5.74) is 0.990. The summed E-state index contributed by atoms with van der Waals surface area (Å²) in [5.74, 6) is -0.222. The summed E-state index contributed by atoms with van der Waals surface area (Å²) in [7, 11) is 0. The maximum atomic E-state index is 12.4. The first-order chi connectivity index (χ1) is 9.14. The van der Waals surface area contributed by atoms with E-state index in [2.05, 4.69) is 0 Å². The molecule has 1 aliphatic heterocycles. The van der Waals surface area contributed by atoms with Crippen molar-refractivity contribution >= 4 is 5.97 Å². The van der Waals surface area contributed by atoms with Gasteiger partial charge in [-0.3, -0.25) is 0 Å². The minimum atomic E-state index is -0.840. The first kappa shape index (κ1) is 12.7. The van der Waals surface area contributed by atoms with Gasteiger partial charge in [0.15, 0.2) is 0 Å². The fourth-order valence-electron chi connectivity index (χ4n) is 3.36. The summed E-state index contributed by atoms with van der Waals surface area (Å²) >= 11 is 0. The Morgan fingerprint density at radius 1 is 1.26 bits per heavy atom. The van der Waals surface area contributed by atoms with Crippen LogP contribution in [-0.4, -0.2) is 18.2 Å². The lowest BCUT2D eigenvalue weighted by atomic mass is 9.84. The highest BCUT2D eigenvalue weighted by Gasteiger charge is 2.76. The molecule has 3 nitrogen and oxygen atoms in total. The van der Waals surface area contributed by atoms with E-state index in [0.717, 1.165) is 31.2 Å². The average molecular weight is 260 g/mol. The maximum Gasteiger partial charge on any atom is 0.346 e. The fourth-order valence-corrected chi connectivity index (χ4v) is 3.36. The molecule has 0 N–H and O–H groups in total. The Labute approximate surface area is 113 Å². The van der Waals surface area contributed by atoms with E-state index in [9.17, 15) is 4.79 Å². The second-order valence-corrected chi connectivity index (χ2v) is 5.57. The Morgan fingerprint density at radius 2 is 1.89 bits per heavy atom. The second kappa shape index (κ2) is 4.34. The summed E-state index contributed by atoms with van der Waals surface area (Å²) in [6, 6.07) is 8.06. The molecule has 1 aromatic rings. The predicted octanol–water partition coefficient (Wildman–Crippen LogP) is 3.10. The molecule has 3 rings (SSSR count). The van der Waals surface area contributed by atoms with Crippen LogP contribution in [0.3, 0.4) is 0 Å². The predicted molar refractivity (Wildman–Crippen MR) is 71.8 cm³/mol. The molecular formula is C16H20O3. The van der Waals surface area contributed by atoms with E-state index in [1.54, 1.807) is 0 Å². The number of aryl methyl sites for hydroxylation is 1. The first-order valence-electron chi connectivity index (χ1n) is 7.09. The maximum absolute atomic E-state index is 12.4. The molecule has 1 spiro atoms. The van der Waals surface area contributed by atoms with Crippen molar-refractivity contribution in [2.45, 2.75) is 50.7 Å². The molecule has 0 aromatic heterocycles. The highest BCUT2D eigenvalue weighted by atomic mass is 16.7. The van der Waals surface area contributed by atoms with Gasteiger partial charge in [0.25, 0.3) is 0 Å². The van der Waals surface area contributed by atoms with Crippen molar-refractivity contribution in [2.75, 3.05) is 6.61 Å². The van der Waals surface area contributed by atoms with Crippen molar-refractivity contribution in [1.29, 1.82) is 0 Å². The van der Waals surface area contributed by atoms with Crippen molar-refractivity contribution in [3.8, 4) is 0 Å². The van der Waals surface area contributed by atoms with E-state index >= 15 is 0 Å². The monoisotopic (exact) mass is 260 g/mol. The lowest BCUT2D eigenvalue weighted by molar-refractivity contribution is -0.150. The standard InChI is InChI=1S/C16H20O3/c1-3-18-14(17)16(13-8-6-12(2)7-9-13)15(19-16)10-4-5-11-15/h6-9H,3-5,10-11H2,1-2H3. The summed E-state index contributed by atoms with van der Waals surface area (Å²) in [6.45, 7) is 4.27. The Hall–Kier alpha value is -1.35. The van der Waals surface area contributed by atoms with Crippen LogP contribution < -0.4 is 0 Å². The summed E-state index contributed by atoms with van der Waals surface area (Å²) in [5, 5.41) is 0. The Morgan fingerprint density at radius 3 is 2.47 bits per heavy atom. The van der Waals surface area contributed by atoms with Gasteiger partial charge in [-0.15, -0.1) is 0 Å². The molecule has 1 saturated heterocycles. The molecule has 1 aromatic carbocycles. The fraction of sp³-hybridized carbons (Fsp3) is 0.562. The molecule has 19 heavy (non-hydrogen) atoms. The average Bonchev–Trinajstić information content (AvgIpc) is 2.80. The second-order valence-electron chi connectivity index (χ2n) is 5.57. The van der Waals surface area contributed by atoms with Gasteiger partial charge in [-0.05, 0) is 32.3 Å².